The summed E-state index contributed by atoms with van der Waals surface area (Å²) in [5, 5.41) is 0.467. The summed E-state index contributed by atoms with van der Waals surface area (Å²) in [6.07, 6.45) is 4.24. The van der Waals surface area contributed by atoms with E-state index in [4.69, 9.17) is 27.9 Å². The Hall–Kier alpha value is -1.41. The Kier molecular flexibility index (Phi) is 5.24. The van der Waals surface area contributed by atoms with Crippen LogP contribution in [0, 0.1) is 0 Å². The summed E-state index contributed by atoms with van der Waals surface area (Å²) in [5.74, 6) is 0. The molecule has 1 aromatic heterocycles. The zero-order valence-corrected chi connectivity index (χ0v) is 14.9. The molecule has 1 atom stereocenters. The van der Waals surface area contributed by atoms with E-state index < -0.39 is 10.0 Å². The minimum atomic E-state index is -3.74. The van der Waals surface area contributed by atoms with E-state index in [2.05, 4.69) is 9.97 Å². The van der Waals surface area contributed by atoms with E-state index in [1.807, 2.05) is 0 Å². The molecule has 0 N–H and O–H groups in total. The van der Waals surface area contributed by atoms with Crippen molar-refractivity contribution >= 4 is 33.2 Å². The second-order valence-electron chi connectivity index (χ2n) is 5.35. The summed E-state index contributed by atoms with van der Waals surface area (Å²) < 4.78 is 32.8. The fourth-order valence-corrected chi connectivity index (χ4v) is 4.78. The molecular formula is C15H15Cl2N3O3S. The Morgan fingerprint density at radius 3 is 2.71 bits per heavy atom. The number of ether oxygens (including phenoxy) is 1. The number of hydrogen-bond donors (Lipinski definition) is 0. The average molecular weight is 388 g/mol. The van der Waals surface area contributed by atoms with Crippen molar-refractivity contribution < 1.29 is 13.2 Å². The molecule has 0 unspecified atom stereocenters. The predicted molar refractivity (Wildman–Crippen MR) is 90.9 cm³/mol. The lowest BCUT2D eigenvalue weighted by atomic mass is 10.1. The van der Waals surface area contributed by atoms with Crippen molar-refractivity contribution in [3.8, 4) is 6.01 Å². The summed E-state index contributed by atoms with van der Waals surface area (Å²) in [6, 6.07) is 6.32. The van der Waals surface area contributed by atoms with Crippen molar-refractivity contribution in [1.82, 2.24) is 14.3 Å². The highest BCUT2D eigenvalue weighted by atomic mass is 35.5. The van der Waals surface area contributed by atoms with Gasteiger partial charge in [0.15, 0.2) is 0 Å². The van der Waals surface area contributed by atoms with Crippen LogP contribution in [0.25, 0.3) is 0 Å². The molecule has 3 rings (SSSR count). The van der Waals surface area contributed by atoms with Crippen LogP contribution in [0.15, 0.2) is 41.6 Å². The molecule has 0 saturated carbocycles. The molecule has 1 fully saturated rings. The summed E-state index contributed by atoms with van der Waals surface area (Å²) in [6.45, 7) is 0.615. The summed E-state index contributed by atoms with van der Waals surface area (Å²) >= 11 is 12.0. The summed E-state index contributed by atoms with van der Waals surface area (Å²) in [7, 11) is -3.74. The Bertz CT molecular complexity index is 818. The minimum absolute atomic E-state index is 0.00766. The molecule has 24 heavy (non-hydrogen) atoms. The topological polar surface area (TPSA) is 72.4 Å². The molecule has 0 bridgehead atoms. The van der Waals surface area contributed by atoms with Gasteiger partial charge >= 0.3 is 6.01 Å². The van der Waals surface area contributed by atoms with Gasteiger partial charge in [-0.3, -0.25) is 0 Å². The smallest absolute Gasteiger partial charge is 0.316 e. The Labute approximate surface area is 150 Å². The third-order valence-electron chi connectivity index (χ3n) is 3.67. The predicted octanol–water partition coefficient (Wildman–Crippen LogP) is 3.02. The van der Waals surface area contributed by atoms with Gasteiger partial charge in [0.2, 0.25) is 10.0 Å². The molecule has 1 aliphatic rings. The van der Waals surface area contributed by atoms with Crippen LogP contribution in [0.3, 0.4) is 0 Å². The second-order valence-corrected chi connectivity index (χ2v) is 8.10. The molecule has 2 heterocycles. The second kappa shape index (κ2) is 7.23. The van der Waals surface area contributed by atoms with Crippen molar-refractivity contribution in [2.75, 3.05) is 13.1 Å². The maximum atomic E-state index is 12.9. The first-order chi connectivity index (χ1) is 11.5. The van der Waals surface area contributed by atoms with E-state index in [9.17, 15) is 8.42 Å². The van der Waals surface area contributed by atoms with Crippen LogP contribution in [-0.4, -0.2) is 41.9 Å². The Morgan fingerprint density at radius 1 is 1.21 bits per heavy atom. The number of nitrogens with zero attached hydrogens (tertiary/aromatic N) is 3. The average Bonchev–Trinajstić information content (AvgIpc) is 2.58. The molecule has 0 aliphatic carbocycles. The fourth-order valence-electron chi connectivity index (χ4n) is 2.53. The molecule has 0 amide bonds. The standard InChI is InChI=1S/C15H15Cl2N3O3S/c16-11-4-5-13(17)14(9-11)24(21,22)20-8-1-3-12(10-20)23-15-18-6-2-7-19-15/h2,4-7,9,12H,1,3,8,10H2/t12-/m0/s1. The Balaban J connectivity index is 1.79. The monoisotopic (exact) mass is 387 g/mol. The lowest BCUT2D eigenvalue weighted by Crippen LogP contribution is -2.44. The minimum Gasteiger partial charge on any atom is -0.459 e. The van der Waals surface area contributed by atoms with Crippen LogP contribution >= 0.6 is 23.2 Å². The van der Waals surface area contributed by atoms with Gasteiger partial charge in [0.05, 0.1) is 11.6 Å². The van der Waals surface area contributed by atoms with Gasteiger partial charge < -0.3 is 4.74 Å². The number of benzene rings is 1. The molecule has 1 saturated heterocycles. The van der Waals surface area contributed by atoms with E-state index >= 15 is 0 Å². The third kappa shape index (κ3) is 3.80. The maximum Gasteiger partial charge on any atom is 0.316 e. The van der Waals surface area contributed by atoms with Crippen LogP contribution in [0.5, 0.6) is 6.01 Å². The van der Waals surface area contributed by atoms with E-state index in [0.29, 0.717) is 18.0 Å². The van der Waals surface area contributed by atoms with Gasteiger partial charge in [0.25, 0.3) is 0 Å². The highest BCUT2D eigenvalue weighted by molar-refractivity contribution is 7.89. The van der Waals surface area contributed by atoms with Gasteiger partial charge in [0.1, 0.15) is 11.0 Å². The van der Waals surface area contributed by atoms with Crippen molar-refractivity contribution in [3.05, 3.63) is 46.7 Å². The van der Waals surface area contributed by atoms with Crippen molar-refractivity contribution in [1.29, 1.82) is 0 Å². The van der Waals surface area contributed by atoms with Crippen molar-refractivity contribution in [2.24, 2.45) is 0 Å². The molecule has 2 aromatic rings. The quantitative estimate of drug-likeness (QED) is 0.805. The third-order valence-corrected chi connectivity index (χ3v) is 6.25. The zero-order valence-electron chi connectivity index (χ0n) is 12.6. The molecule has 0 spiro atoms. The van der Waals surface area contributed by atoms with Gasteiger partial charge in [0, 0.05) is 24.0 Å². The number of halogens is 2. The van der Waals surface area contributed by atoms with Crippen molar-refractivity contribution in [2.45, 2.75) is 23.8 Å². The Morgan fingerprint density at radius 2 is 1.96 bits per heavy atom. The highest BCUT2D eigenvalue weighted by Crippen LogP contribution is 2.29. The van der Waals surface area contributed by atoms with Gasteiger partial charge in [-0.05, 0) is 37.1 Å². The van der Waals surface area contributed by atoms with Gasteiger partial charge in [-0.2, -0.15) is 4.31 Å². The summed E-state index contributed by atoms with van der Waals surface area (Å²) in [4.78, 5) is 8.02. The number of hydrogen-bond acceptors (Lipinski definition) is 5. The highest BCUT2D eigenvalue weighted by Gasteiger charge is 2.33. The van der Waals surface area contributed by atoms with Crippen LogP contribution in [-0.2, 0) is 10.0 Å². The van der Waals surface area contributed by atoms with E-state index in [0.717, 1.165) is 6.42 Å². The van der Waals surface area contributed by atoms with Crippen LogP contribution in [0.4, 0.5) is 0 Å². The molecule has 6 nitrogen and oxygen atoms in total. The van der Waals surface area contributed by atoms with Gasteiger partial charge in [-0.15, -0.1) is 0 Å². The van der Waals surface area contributed by atoms with Gasteiger partial charge in [-0.25, -0.2) is 18.4 Å². The van der Waals surface area contributed by atoms with Crippen LogP contribution < -0.4 is 4.74 Å². The molecule has 0 radical (unpaired) electrons. The number of piperidine rings is 1. The zero-order chi connectivity index (χ0) is 17.2. The normalized spacial score (nSPS) is 19.2. The largest absolute Gasteiger partial charge is 0.459 e. The number of rotatable bonds is 4. The maximum absolute atomic E-state index is 12.9. The first kappa shape index (κ1) is 17.4. The fraction of sp³-hybridized carbons (Fsp3) is 0.333. The SMILES string of the molecule is O=S(=O)(c1cc(Cl)ccc1Cl)N1CCC[C@H](Oc2ncccn2)C1. The summed E-state index contributed by atoms with van der Waals surface area (Å²) in [5.41, 5.74) is 0. The molecule has 1 aliphatic heterocycles. The number of sulfonamides is 1. The van der Waals surface area contributed by atoms with E-state index in [-0.39, 0.29) is 28.6 Å². The van der Waals surface area contributed by atoms with E-state index in [1.54, 1.807) is 24.5 Å². The molecule has 9 heteroatoms. The first-order valence-electron chi connectivity index (χ1n) is 7.36. The molecular weight excluding hydrogens is 373 g/mol. The molecule has 128 valence electrons. The lowest BCUT2D eigenvalue weighted by molar-refractivity contribution is 0.119. The van der Waals surface area contributed by atoms with Crippen LogP contribution in [0.2, 0.25) is 10.0 Å². The van der Waals surface area contributed by atoms with Gasteiger partial charge in [-0.1, -0.05) is 23.2 Å². The molecule has 1 aromatic carbocycles. The lowest BCUT2D eigenvalue weighted by Gasteiger charge is -2.31. The van der Waals surface area contributed by atoms with Crippen LogP contribution in [0.1, 0.15) is 12.8 Å². The first-order valence-corrected chi connectivity index (χ1v) is 9.55. The van der Waals surface area contributed by atoms with E-state index in [1.165, 1.54) is 16.4 Å². The number of aromatic nitrogens is 2. The van der Waals surface area contributed by atoms with Crippen molar-refractivity contribution in [3.63, 3.8) is 0 Å².